The van der Waals surface area contributed by atoms with Crippen LogP contribution >= 0.6 is 0 Å². The Morgan fingerprint density at radius 3 is 2.71 bits per heavy atom. The summed E-state index contributed by atoms with van der Waals surface area (Å²) in [6.45, 7) is 0. The fraction of sp³-hybridized carbons (Fsp3) is 0. The van der Waals surface area contributed by atoms with E-state index in [1.807, 2.05) is 0 Å². The summed E-state index contributed by atoms with van der Waals surface area (Å²) in [5.74, 6) is -0.332. The highest BCUT2D eigenvalue weighted by atomic mass is 19.1. The second-order valence-electron chi connectivity index (χ2n) is 2.79. The zero-order valence-electron chi connectivity index (χ0n) is 7.20. The minimum absolute atomic E-state index is 0.332. The quantitative estimate of drug-likeness (QED) is 0.741. The van der Waals surface area contributed by atoms with Gasteiger partial charge in [-0.05, 0) is 6.07 Å². The van der Waals surface area contributed by atoms with Crippen LogP contribution in [-0.4, -0.2) is 9.97 Å². The molecule has 2 rings (SSSR count). The highest BCUT2D eigenvalue weighted by molar-refractivity contribution is 5.61. The highest BCUT2D eigenvalue weighted by Gasteiger charge is 2.03. The van der Waals surface area contributed by atoms with Gasteiger partial charge < -0.3 is 4.98 Å². The standard InChI is InChI=1S/C10H7FN2O/c11-9-4-2-1-3-8(9)7-5-12-10(14)13-6-7/h1-6H,(H,12,13,14). The van der Waals surface area contributed by atoms with Gasteiger partial charge in [-0.2, -0.15) is 0 Å². The number of rotatable bonds is 1. The lowest BCUT2D eigenvalue weighted by molar-refractivity contribution is 0.631. The van der Waals surface area contributed by atoms with E-state index in [-0.39, 0.29) is 5.82 Å². The molecular weight excluding hydrogens is 183 g/mol. The minimum atomic E-state index is -0.440. The van der Waals surface area contributed by atoms with Crippen LogP contribution in [0.5, 0.6) is 0 Å². The zero-order valence-corrected chi connectivity index (χ0v) is 7.20. The third-order valence-electron chi connectivity index (χ3n) is 1.86. The van der Waals surface area contributed by atoms with Crippen LogP contribution in [0.2, 0.25) is 0 Å². The van der Waals surface area contributed by atoms with Gasteiger partial charge in [0.2, 0.25) is 0 Å². The fourth-order valence-corrected chi connectivity index (χ4v) is 1.18. The zero-order chi connectivity index (χ0) is 9.97. The van der Waals surface area contributed by atoms with Crippen molar-refractivity contribution in [2.24, 2.45) is 0 Å². The van der Waals surface area contributed by atoms with Gasteiger partial charge in [0.25, 0.3) is 0 Å². The summed E-state index contributed by atoms with van der Waals surface area (Å²) in [5.41, 5.74) is 0.545. The summed E-state index contributed by atoms with van der Waals surface area (Å²) in [6, 6.07) is 6.33. The summed E-state index contributed by atoms with van der Waals surface area (Å²) >= 11 is 0. The Morgan fingerprint density at radius 1 is 1.29 bits per heavy atom. The van der Waals surface area contributed by atoms with Crippen LogP contribution in [0.25, 0.3) is 11.1 Å². The maximum absolute atomic E-state index is 13.3. The summed E-state index contributed by atoms with van der Waals surface area (Å²) in [6.07, 6.45) is 2.78. The van der Waals surface area contributed by atoms with Gasteiger partial charge >= 0.3 is 5.69 Å². The summed E-state index contributed by atoms with van der Waals surface area (Å²) in [7, 11) is 0. The largest absolute Gasteiger partial charge is 0.344 e. The van der Waals surface area contributed by atoms with Gasteiger partial charge in [0, 0.05) is 23.5 Å². The molecule has 1 heterocycles. The summed E-state index contributed by atoms with van der Waals surface area (Å²) in [5, 5.41) is 0. The van der Waals surface area contributed by atoms with E-state index in [9.17, 15) is 9.18 Å². The molecule has 2 aromatic rings. The first-order valence-corrected chi connectivity index (χ1v) is 4.07. The number of hydrogen-bond donors (Lipinski definition) is 1. The predicted molar refractivity (Wildman–Crippen MR) is 50.3 cm³/mol. The molecule has 3 nitrogen and oxygen atoms in total. The fourth-order valence-electron chi connectivity index (χ4n) is 1.18. The molecule has 1 aromatic heterocycles. The minimum Gasteiger partial charge on any atom is -0.312 e. The predicted octanol–water partition coefficient (Wildman–Crippen LogP) is 1.58. The highest BCUT2D eigenvalue weighted by Crippen LogP contribution is 2.19. The molecule has 0 spiro atoms. The lowest BCUT2D eigenvalue weighted by Gasteiger charge is -2.00. The molecule has 70 valence electrons. The molecule has 0 atom stereocenters. The Bertz CT molecular complexity index is 487. The van der Waals surface area contributed by atoms with E-state index in [2.05, 4.69) is 9.97 Å². The average molecular weight is 190 g/mol. The molecule has 1 N–H and O–H groups in total. The smallest absolute Gasteiger partial charge is 0.312 e. The van der Waals surface area contributed by atoms with E-state index in [4.69, 9.17) is 0 Å². The molecule has 0 saturated carbocycles. The number of nitrogens with zero attached hydrogens (tertiary/aromatic N) is 1. The van der Waals surface area contributed by atoms with Crippen LogP contribution in [0, 0.1) is 5.82 Å². The second kappa shape index (κ2) is 3.41. The van der Waals surface area contributed by atoms with Crippen molar-refractivity contribution >= 4 is 0 Å². The van der Waals surface area contributed by atoms with Crippen molar-refractivity contribution < 1.29 is 4.39 Å². The molecular formula is C10H7FN2O. The molecule has 1 aromatic carbocycles. The Labute approximate surface area is 79.3 Å². The molecule has 14 heavy (non-hydrogen) atoms. The second-order valence-corrected chi connectivity index (χ2v) is 2.79. The Morgan fingerprint density at radius 2 is 2.07 bits per heavy atom. The van der Waals surface area contributed by atoms with Crippen LogP contribution in [0.4, 0.5) is 4.39 Å². The van der Waals surface area contributed by atoms with E-state index >= 15 is 0 Å². The molecule has 0 amide bonds. The maximum atomic E-state index is 13.3. The SMILES string of the molecule is O=c1ncc(-c2ccccc2F)c[nH]1. The topological polar surface area (TPSA) is 45.8 Å². The Balaban J connectivity index is 2.55. The monoisotopic (exact) mass is 190 g/mol. The number of aromatic nitrogens is 2. The van der Waals surface area contributed by atoms with Crippen molar-refractivity contribution in [3.8, 4) is 11.1 Å². The molecule has 0 radical (unpaired) electrons. The van der Waals surface area contributed by atoms with Gasteiger partial charge in [0.05, 0.1) is 0 Å². The normalized spacial score (nSPS) is 10.1. The van der Waals surface area contributed by atoms with Crippen LogP contribution < -0.4 is 5.69 Å². The van der Waals surface area contributed by atoms with Gasteiger partial charge in [-0.25, -0.2) is 14.2 Å². The molecule has 4 heteroatoms. The molecule has 0 bridgehead atoms. The number of aromatic amines is 1. The van der Waals surface area contributed by atoms with Crippen molar-refractivity contribution in [1.82, 2.24) is 9.97 Å². The van der Waals surface area contributed by atoms with Crippen molar-refractivity contribution in [2.45, 2.75) is 0 Å². The van der Waals surface area contributed by atoms with Crippen LogP contribution in [0.15, 0.2) is 41.5 Å². The van der Waals surface area contributed by atoms with E-state index in [0.29, 0.717) is 11.1 Å². The van der Waals surface area contributed by atoms with Crippen LogP contribution in [0.1, 0.15) is 0 Å². The van der Waals surface area contributed by atoms with Crippen LogP contribution in [0.3, 0.4) is 0 Å². The molecule has 0 saturated heterocycles. The van der Waals surface area contributed by atoms with Crippen molar-refractivity contribution in [1.29, 1.82) is 0 Å². The van der Waals surface area contributed by atoms with E-state index < -0.39 is 5.69 Å². The summed E-state index contributed by atoms with van der Waals surface area (Å²) < 4.78 is 13.3. The number of H-pyrrole nitrogens is 1. The van der Waals surface area contributed by atoms with Gasteiger partial charge in [0.15, 0.2) is 0 Å². The lowest BCUT2D eigenvalue weighted by Crippen LogP contribution is -2.08. The Kier molecular flexibility index (Phi) is 2.10. The van der Waals surface area contributed by atoms with Gasteiger partial charge in [0.1, 0.15) is 5.82 Å². The van der Waals surface area contributed by atoms with Gasteiger partial charge in [-0.15, -0.1) is 0 Å². The van der Waals surface area contributed by atoms with Crippen molar-refractivity contribution in [3.63, 3.8) is 0 Å². The average Bonchev–Trinajstić information content (AvgIpc) is 2.20. The first-order valence-electron chi connectivity index (χ1n) is 4.07. The molecule has 0 fully saturated rings. The maximum Gasteiger partial charge on any atom is 0.344 e. The van der Waals surface area contributed by atoms with Gasteiger partial charge in [-0.1, -0.05) is 18.2 Å². The third kappa shape index (κ3) is 1.54. The van der Waals surface area contributed by atoms with Crippen molar-refractivity contribution in [2.75, 3.05) is 0 Å². The number of benzene rings is 1. The molecule has 0 aliphatic heterocycles. The van der Waals surface area contributed by atoms with Crippen LogP contribution in [-0.2, 0) is 0 Å². The molecule has 0 aliphatic rings. The number of nitrogens with one attached hydrogen (secondary N) is 1. The first kappa shape index (κ1) is 8.62. The lowest BCUT2D eigenvalue weighted by atomic mass is 10.1. The van der Waals surface area contributed by atoms with E-state index in [1.165, 1.54) is 18.5 Å². The molecule has 0 aliphatic carbocycles. The molecule has 0 unspecified atom stereocenters. The third-order valence-corrected chi connectivity index (χ3v) is 1.86. The number of halogens is 1. The Hall–Kier alpha value is -1.97. The van der Waals surface area contributed by atoms with Gasteiger partial charge in [-0.3, -0.25) is 0 Å². The summed E-state index contributed by atoms with van der Waals surface area (Å²) in [4.78, 5) is 16.6. The number of hydrogen-bond acceptors (Lipinski definition) is 2. The van der Waals surface area contributed by atoms with E-state index in [1.54, 1.807) is 18.2 Å². The first-order chi connectivity index (χ1) is 6.77. The van der Waals surface area contributed by atoms with Crippen molar-refractivity contribution in [3.05, 3.63) is 53.0 Å². The van der Waals surface area contributed by atoms with E-state index in [0.717, 1.165) is 0 Å².